The second-order valence-electron chi connectivity index (χ2n) is 3.80. The molecule has 1 aliphatic rings. The van der Waals surface area contributed by atoms with Crippen LogP contribution in [0.2, 0.25) is 0 Å². The normalized spacial score (nSPS) is 13.8. The Morgan fingerprint density at radius 3 is 2.75 bits per heavy atom. The molecule has 0 heterocycles. The summed E-state index contributed by atoms with van der Waals surface area (Å²) in [6, 6.07) is 4.22. The van der Waals surface area contributed by atoms with Crippen molar-refractivity contribution < 1.29 is 0 Å². The Morgan fingerprint density at radius 1 is 1.38 bits per heavy atom. The van der Waals surface area contributed by atoms with E-state index in [9.17, 15) is 0 Å². The Bertz CT molecular complexity index is 579. The maximum absolute atomic E-state index is 4.11. The molecular formula is C14H12Br2. The molecule has 0 N–H and O–H groups in total. The number of alkyl halides is 1. The van der Waals surface area contributed by atoms with Crippen LogP contribution in [0.15, 0.2) is 35.3 Å². The second kappa shape index (κ2) is 4.72. The van der Waals surface area contributed by atoms with Crippen LogP contribution in [-0.2, 0) is 11.8 Å². The van der Waals surface area contributed by atoms with Gasteiger partial charge in [0, 0.05) is 9.81 Å². The number of hydrogen-bond donors (Lipinski definition) is 0. The highest BCUT2D eigenvalue weighted by Crippen LogP contribution is 2.20. The van der Waals surface area contributed by atoms with E-state index in [1.54, 1.807) is 0 Å². The summed E-state index contributed by atoms with van der Waals surface area (Å²) >= 11 is 6.99. The van der Waals surface area contributed by atoms with Crippen molar-refractivity contribution in [2.75, 3.05) is 0 Å². The Hall–Kier alpha value is -0.600. The monoisotopic (exact) mass is 338 g/mol. The van der Waals surface area contributed by atoms with Gasteiger partial charge in [-0.3, -0.25) is 0 Å². The summed E-state index contributed by atoms with van der Waals surface area (Å²) in [5, 5.41) is 3.19. The van der Waals surface area contributed by atoms with Gasteiger partial charge in [-0.2, -0.15) is 0 Å². The molecule has 16 heavy (non-hydrogen) atoms. The van der Waals surface area contributed by atoms with E-state index in [1.165, 1.54) is 16.3 Å². The molecule has 0 saturated heterocycles. The first-order valence-corrected chi connectivity index (χ1v) is 6.98. The van der Waals surface area contributed by atoms with Gasteiger partial charge in [0.25, 0.3) is 0 Å². The SMILES string of the molecule is C=C(Br)C1=c2c(c(CBr)ccc2=C)CC=C1. The van der Waals surface area contributed by atoms with E-state index in [2.05, 4.69) is 69.3 Å². The third-order valence-corrected chi connectivity index (χ3v) is 3.84. The van der Waals surface area contributed by atoms with Gasteiger partial charge >= 0.3 is 0 Å². The third-order valence-electron chi connectivity index (χ3n) is 2.81. The Kier molecular flexibility index (Phi) is 3.50. The molecule has 1 aliphatic carbocycles. The molecule has 1 aromatic rings. The summed E-state index contributed by atoms with van der Waals surface area (Å²) in [4.78, 5) is 0. The van der Waals surface area contributed by atoms with Crippen molar-refractivity contribution in [2.24, 2.45) is 0 Å². The minimum Gasteiger partial charge on any atom is -0.0911 e. The molecule has 0 saturated carbocycles. The lowest BCUT2D eigenvalue weighted by atomic mass is 9.94. The first-order valence-electron chi connectivity index (χ1n) is 5.06. The summed E-state index contributed by atoms with van der Waals surface area (Å²) < 4.78 is 0.918. The molecule has 0 fully saturated rings. The fraction of sp³-hybridized carbons (Fsp3) is 0.143. The van der Waals surface area contributed by atoms with Crippen molar-refractivity contribution in [3.8, 4) is 0 Å². The molecule has 0 unspecified atom stereocenters. The second-order valence-corrected chi connectivity index (χ2v) is 5.31. The zero-order chi connectivity index (χ0) is 11.7. The van der Waals surface area contributed by atoms with Crippen LogP contribution in [0.25, 0.3) is 12.2 Å². The zero-order valence-electron chi connectivity index (χ0n) is 8.89. The van der Waals surface area contributed by atoms with Gasteiger partial charge in [0.15, 0.2) is 0 Å². The van der Waals surface area contributed by atoms with Gasteiger partial charge in [-0.1, -0.05) is 69.3 Å². The lowest BCUT2D eigenvalue weighted by molar-refractivity contribution is 1.15. The number of fused-ring (bicyclic) bond motifs is 1. The van der Waals surface area contributed by atoms with Crippen LogP contribution < -0.4 is 10.4 Å². The summed E-state index contributed by atoms with van der Waals surface area (Å²) in [6.07, 6.45) is 5.27. The smallest absolute Gasteiger partial charge is 0.0286 e. The number of halogens is 2. The van der Waals surface area contributed by atoms with E-state index < -0.39 is 0 Å². The summed E-state index contributed by atoms with van der Waals surface area (Å²) in [7, 11) is 0. The van der Waals surface area contributed by atoms with Crippen LogP contribution in [-0.4, -0.2) is 0 Å². The molecule has 0 radical (unpaired) electrons. The Labute approximate surface area is 112 Å². The predicted molar refractivity (Wildman–Crippen MR) is 78.2 cm³/mol. The van der Waals surface area contributed by atoms with E-state index >= 15 is 0 Å². The van der Waals surface area contributed by atoms with Gasteiger partial charge in [0.1, 0.15) is 0 Å². The first kappa shape index (κ1) is 11.9. The fourth-order valence-electron chi connectivity index (χ4n) is 2.04. The van der Waals surface area contributed by atoms with Gasteiger partial charge in [0.05, 0.1) is 0 Å². The minimum atomic E-state index is 0.880. The molecule has 1 aromatic carbocycles. The summed E-state index contributed by atoms with van der Waals surface area (Å²) in [5.41, 5.74) is 3.84. The van der Waals surface area contributed by atoms with Gasteiger partial charge < -0.3 is 0 Å². The molecule has 2 heteroatoms. The van der Waals surface area contributed by atoms with Crippen LogP contribution in [0, 0.1) is 0 Å². The van der Waals surface area contributed by atoms with Crippen molar-refractivity contribution in [3.05, 3.63) is 56.9 Å². The van der Waals surface area contributed by atoms with Crippen LogP contribution in [0.5, 0.6) is 0 Å². The molecule has 0 nitrogen and oxygen atoms in total. The molecule has 0 amide bonds. The van der Waals surface area contributed by atoms with Crippen LogP contribution in [0.1, 0.15) is 11.1 Å². The van der Waals surface area contributed by atoms with Gasteiger partial charge in [-0.05, 0) is 33.6 Å². The molecule has 0 aromatic heterocycles. The topological polar surface area (TPSA) is 0 Å². The molecule has 0 aliphatic heterocycles. The van der Waals surface area contributed by atoms with E-state index in [4.69, 9.17) is 0 Å². The van der Waals surface area contributed by atoms with Gasteiger partial charge in [-0.15, -0.1) is 0 Å². The van der Waals surface area contributed by atoms with E-state index in [1.807, 2.05) is 0 Å². The average Bonchev–Trinajstić information content (AvgIpc) is 2.29. The lowest BCUT2D eigenvalue weighted by Crippen LogP contribution is -2.32. The number of rotatable bonds is 2. The van der Waals surface area contributed by atoms with Crippen molar-refractivity contribution in [3.63, 3.8) is 0 Å². The van der Waals surface area contributed by atoms with Crippen molar-refractivity contribution >= 4 is 44.0 Å². The highest BCUT2D eigenvalue weighted by atomic mass is 79.9. The zero-order valence-corrected chi connectivity index (χ0v) is 12.1. The highest BCUT2D eigenvalue weighted by molar-refractivity contribution is 9.12. The maximum Gasteiger partial charge on any atom is 0.0286 e. The summed E-state index contributed by atoms with van der Waals surface area (Å²) in [6.45, 7) is 8.07. The van der Waals surface area contributed by atoms with Gasteiger partial charge in [-0.25, -0.2) is 0 Å². The van der Waals surface area contributed by atoms with Crippen molar-refractivity contribution in [1.82, 2.24) is 0 Å². The average molecular weight is 340 g/mol. The van der Waals surface area contributed by atoms with E-state index in [0.29, 0.717) is 0 Å². The van der Waals surface area contributed by atoms with Crippen LogP contribution in [0.4, 0.5) is 0 Å². The standard InChI is InChI=1S/C14H12Br2/c1-9-6-7-11(8-15)13-5-3-4-12(10(2)16)14(9)13/h3-4,6-7H,1-2,5,8H2. The third kappa shape index (κ3) is 1.96. The number of benzene rings is 1. The number of allylic oxidation sites excluding steroid dienone is 3. The molecule has 0 bridgehead atoms. The van der Waals surface area contributed by atoms with Crippen molar-refractivity contribution in [2.45, 2.75) is 11.8 Å². The van der Waals surface area contributed by atoms with Crippen LogP contribution in [0.3, 0.4) is 0 Å². The minimum absolute atomic E-state index is 0.880. The molecular weight excluding hydrogens is 328 g/mol. The van der Waals surface area contributed by atoms with Crippen LogP contribution >= 0.6 is 31.9 Å². The van der Waals surface area contributed by atoms with Crippen molar-refractivity contribution in [1.29, 1.82) is 0 Å². The first-order chi connectivity index (χ1) is 7.65. The fourth-order valence-corrected chi connectivity index (χ4v) is 2.89. The van der Waals surface area contributed by atoms with E-state index in [0.717, 1.165) is 27.0 Å². The highest BCUT2D eigenvalue weighted by Gasteiger charge is 2.10. The predicted octanol–water partition coefficient (Wildman–Crippen LogP) is 3.16. The molecule has 0 spiro atoms. The molecule has 82 valence electrons. The van der Waals surface area contributed by atoms with E-state index in [-0.39, 0.29) is 0 Å². The molecule has 2 rings (SSSR count). The molecule has 0 atom stereocenters. The van der Waals surface area contributed by atoms with Gasteiger partial charge in [0.2, 0.25) is 0 Å². The maximum atomic E-state index is 4.11. The largest absolute Gasteiger partial charge is 0.0911 e. The lowest BCUT2D eigenvalue weighted by Gasteiger charge is -2.14. The summed E-state index contributed by atoms with van der Waals surface area (Å²) in [5.74, 6) is 0. The quantitative estimate of drug-likeness (QED) is 0.726. The Morgan fingerprint density at radius 2 is 2.12 bits per heavy atom. The number of hydrogen-bond acceptors (Lipinski definition) is 0. The Balaban J connectivity index is 2.93.